The number of pyridine rings is 1. The third-order valence-electron chi connectivity index (χ3n) is 8.51. The van der Waals surface area contributed by atoms with Crippen LogP contribution in [-0.2, 0) is 13.5 Å². The number of benzene rings is 2. The van der Waals surface area contributed by atoms with Gasteiger partial charge in [0.25, 0.3) is 5.91 Å². The summed E-state index contributed by atoms with van der Waals surface area (Å²) < 4.78 is 1.87. The maximum atomic E-state index is 13.3. The Bertz CT molecular complexity index is 1550. The zero-order chi connectivity index (χ0) is 28.5. The minimum Gasteiger partial charge on any atom is -0.354 e. The molecule has 4 aromatic rings. The number of Topliss-reactive ketones (excluding diaryl/α,β-unsaturated/α-hetero) is 1. The van der Waals surface area contributed by atoms with Crippen LogP contribution in [0.1, 0.15) is 43.3 Å². The highest BCUT2D eigenvalue weighted by atomic mass is 16.2. The summed E-state index contributed by atoms with van der Waals surface area (Å²) in [6.45, 7) is 7.26. The molecule has 8 nitrogen and oxygen atoms in total. The van der Waals surface area contributed by atoms with Crippen molar-refractivity contribution < 1.29 is 9.59 Å². The standard InChI is InChI=1S/C33H36N6O2/c1-23-4-5-26(18-28(23)19-31(40)27-10-11-32(34-20-27)38-16-14-36(2)15-17-38)33(41)39-21-29(22-39)24-6-8-25(9-7-24)30-12-13-35-37(30)3/h4-13,18,20,29H,14-17,19,21-22H2,1-3H3. The molecule has 4 heterocycles. The summed E-state index contributed by atoms with van der Waals surface area (Å²) in [5.41, 5.74) is 6.56. The number of ketones is 1. The van der Waals surface area contributed by atoms with Gasteiger partial charge in [-0.15, -0.1) is 0 Å². The summed E-state index contributed by atoms with van der Waals surface area (Å²) in [6, 6.07) is 20.1. The van der Waals surface area contributed by atoms with Gasteiger partial charge < -0.3 is 14.7 Å². The summed E-state index contributed by atoms with van der Waals surface area (Å²) >= 11 is 0. The van der Waals surface area contributed by atoms with Crippen molar-refractivity contribution in [1.29, 1.82) is 0 Å². The first-order valence-corrected chi connectivity index (χ1v) is 14.3. The Labute approximate surface area is 241 Å². The first-order chi connectivity index (χ1) is 19.9. The normalized spacial score (nSPS) is 16.1. The zero-order valence-corrected chi connectivity index (χ0v) is 24.0. The highest BCUT2D eigenvalue weighted by molar-refractivity contribution is 5.99. The van der Waals surface area contributed by atoms with Gasteiger partial charge in [-0.25, -0.2) is 4.98 Å². The van der Waals surface area contributed by atoms with Crippen molar-refractivity contribution in [3.05, 3.63) is 101 Å². The minimum absolute atomic E-state index is 0.00807. The van der Waals surface area contributed by atoms with Crippen molar-refractivity contribution in [3.8, 4) is 11.3 Å². The second-order valence-corrected chi connectivity index (χ2v) is 11.3. The summed E-state index contributed by atoms with van der Waals surface area (Å²) in [4.78, 5) is 37.4. The highest BCUT2D eigenvalue weighted by Gasteiger charge is 2.32. The number of carbonyl (C=O) groups is 2. The molecule has 0 unspecified atom stereocenters. The van der Waals surface area contributed by atoms with Crippen molar-refractivity contribution in [2.75, 3.05) is 51.2 Å². The molecule has 0 saturated carbocycles. The van der Waals surface area contributed by atoms with Crippen LogP contribution in [0.5, 0.6) is 0 Å². The van der Waals surface area contributed by atoms with Crippen LogP contribution in [0, 0.1) is 6.92 Å². The maximum absolute atomic E-state index is 13.3. The second kappa shape index (κ2) is 11.3. The largest absolute Gasteiger partial charge is 0.354 e. The van der Waals surface area contributed by atoms with E-state index in [9.17, 15) is 9.59 Å². The molecule has 41 heavy (non-hydrogen) atoms. The molecule has 1 amide bonds. The average molecular weight is 549 g/mol. The van der Waals surface area contributed by atoms with Gasteiger partial charge in [0.2, 0.25) is 0 Å². The SMILES string of the molecule is Cc1ccc(C(=O)N2CC(c3ccc(-c4ccnn4C)cc3)C2)cc1CC(=O)c1ccc(N2CCN(C)CC2)nc1. The smallest absolute Gasteiger partial charge is 0.253 e. The molecule has 0 aliphatic carbocycles. The van der Waals surface area contributed by atoms with Crippen LogP contribution in [0.15, 0.2) is 73.1 Å². The third-order valence-corrected chi connectivity index (χ3v) is 8.51. The van der Waals surface area contributed by atoms with Crippen molar-refractivity contribution in [2.24, 2.45) is 7.05 Å². The van der Waals surface area contributed by atoms with E-state index in [4.69, 9.17) is 0 Å². The fraction of sp³-hybridized carbons (Fsp3) is 0.333. The van der Waals surface area contributed by atoms with E-state index in [-0.39, 0.29) is 18.1 Å². The van der Waals surface area contributed by atoms with E-state index in [1.165, 1.54) is 5.56 Å². The van der Waals surface area contributed by atoms with Gasteiger partial charge in [-0.05, 0) is 66.6 Å². The van der Waals surface area contributed by atoms with Gasteiger partial charge >= 0.3 is 0 Å². The lowest BCUT2D eigenvalue weighted by atomic mass is 9.89. The van der Waals surface area contributed by atoms with E-state index in [1.807, 2.05) is 60.0 Å². The van der Waals surface area contributed by atoms with Crippen molar-refractivity contribution in [1.82, 2.24) is 24.6 Å². The lowest BCUT2D eigenvalue weighted by Gasteiger charge is -2.39. The molecule has 2 aromatic heterocycles. The quantitative estimate of drug-likeness (QED) is 0.322. The Kier molecular flexibility index (Phi) is 7.41. The van der Waals surface area contributed by atoms with Gasteiger partial charge in [-0.3, -0.25) is 14.3 Å². The van der Waals surface area contributed by atoms with Gasteiger partial charge in [-0.2, -0.15) is 5.10 Å². The number of hydrogen-bond acceptors (Lipinski definition) is 6. The number of likely N-dealkylation sites (tertiary alicyclic amines) is 1. The fourth-order valence-electron chi connectivity index (χ4n) is 5.66. The van der Waals surface area contributed by atoms with Crippen LogP contribution in [-0.4, -0.2) is 82.6 Å². The van der Waals surface area contributed by atoms with Crippen molar-refractivity contribution in [3.63, 3.8) is 0 Å². The molecule has 6 rings (SSSR count). The summed E-state index contributed by atoms with van der Waals surface area (Å²) in [5.74, 6) is 1.26. The Morgan fingerprint density at radius 1 is 0.878 bits per heavy atom. The van der Waals surface area contributed by atoms with Crippen LogP contribution < -0.4 is 4.90 Å². The molecular formula is C33H36N6O2. The van der Waals surface area contributed by atoms with Gasteiger partial charge in [0, 0.05) is 82.2 Å². The second-order valence-electron chi connectivity index (χ2n) is 11.3. The number of likely N-dealkylation sites (N-methyl/N-ethyl adjacent to an activating group) is 1. The van der Waals surface area contributed by atoms with Crippen LogP contribution in [0.3, 0.4) is 0 Å². The summed E-state index contributed by atoms with van der Waals surface area (Å²) in [5, 5.41) is 4.25. The fourth-order valence-corrected chi connectivity index (χ4v) is 5.66. The Morgan fingerprint density at radius 3 is 2.27 bits per heavy atom. The van der Waals surface area contributed by atoms with Crippen LogP contribution in [0.4, 0.5) is 5.82 Å². The molecule has 210 valence electrons. The van der Waals surface area contributed by atoms with E-state index in [0.717, 1.165) is 54.4 Å². The van der Waals surface area contributed by atoms with Gasteiger partial charge in [0.15, 0.2) is 5.78 Å². The number of anilines is 1. The first-order valence-electron chi connectivity index (χ1n) is 14.3. The zero-order valence-electron chi connectivity index (χ0n) is 24.0. The first kappa shape index (κ1) is 26.9. The van der Waals surface area contributed by atoms with Crippen LogP contribution >= 0.6 is 0 Å². The Hall–Kier alpha value is -4.30. The number of rotatable bonds is 7. The molecule has 0 bridgehead atoms. The third kappa shape index (κ3) is 5.65. The van der Waals surface area contributed by atoms with Gasteiger partial charge in [0.1, 0.15) is 5.82 Å². The molecule has 0 atom stereocenters. The summed E-state index contributed by atoms with van der Waals surface area (Å²) in [7, 11) is 4.07. The molecule has 2 aliphatic heterocycles. The Morgan fingerprint density at radius 2 is 1.61 bits per heavy atom. The Balaban J connectivity index is 1.06. The number of amides is 1. The monoisotopic (exact) mass is 548 g/mol. The molecule has 0 radical (unpaired) electrons. The lowest BCUT2D eigenvalue weighted by molar-refractivity contribution is 0.0602. The number of piperazine rings is 1. The molecule has 2 aliphatic rings. The number of aromatic nitrogens is 3. The van der Waals surface area contributed by atoms with E-state index < -0.39 is 0 Å². The molecule has 2 aromatic carbocycles. The molecule has 2 fully saturated rings. The van der Waals surface area contributed by atoms with Crippen molar-refractivity contribution in [2.45, 2.75) is 19.3 Å². The predicted molar refractivity (Wildman–Crippen MR) is 160 cm³/mol. The number of aryl methyl sites for hydroxylation is 2. The van der Waals surface area contributed by atoms with E-state index in [0.29, 0.717) is 30.1 Å². The van der Waals surface area contributed by atoms with Crippen LogP contribution in [0.2, 0.25) is 0 Å². The van der Waals surface area contributed by atoms with Crippen LogP contribution in [0.25, 0.3) is 11.3 Å². The van der Waals surface area contributed by atoms with E-state index in [2.05, 4.69) is 51.2 Å². The predicted octanol–water partition coefficient (Wildman–Crippen LogP) is 4.21. The van der Waals surface area contributed by atoms with Crippen molar-refractivity contribution >= 4 is 17.5 Å². The number of nitrogens with zero attached hydrogens (tertiary/aromatic N) is 6. The summed E-state index contributed by atoms with van der Waals surface area (Å²) in [6.07, 6.45) is 3.73. The molecule has 8 heteroatoms. The molecular weight excluding hydrogens is 512 g/mol. The average Bonchev–Trinajstić information content (AvgIpc) is 3.40. The van der Waals surface area contributed by atoms with E-state index >= 15 is 0 Å². The van der Waals surface area contributed by atoms with Gasteiger partial charge in [0.05, 0.1) is 5.69 Å². The van der Waals surface area contributed by atoms with E-state index in [1.54, 1.807) is 12.4 Å². The molecule has 0 spiro atoms. The lowest BCUT2D eigenvalue weighted by Crippen LogP contribution is -2.48. The highest BCUT2D eigenvalue weighted by Crippen LogP contribution is 2.30. The number of carbonyl (C=O) groups excluding carboxylic acids is 2. The molecule has 2 saturated heterocycles. The minimum atomic E-state index is 0.00807. The topological polar surface area (TPSA) is 74.6 Å². The molecule has 0 N–H and O–H groups in total. The number of hydrogen-bond donors (Lipinski definition) is 0. The maximum Gasteiger partial charge on any atom is 0.253 e. The van der Waals surface area contributed by atoms with Gasteiger partial charge in [-0.1, -0.05) is 30.3 Å².